The number of methoxy groups -OCH3 is 1. The fourth-order valence-corrected chi connectivity index (χ4v) is 5.24. The molecular weight excluding hydrogens is 396 g/mol. The minimum Gasteiger partial charge on any atom is -0.461 e. The highest BCUT2D eigenvalue weighted by molar-refractivity contribution is 8.14. The largest absolute Gasteiger partial charge is 0.461 e. The summed E-state index contributed by atoms with van der Waals surface area (Å²) in [5, 5.41) is -0.158. The van der Waals surface area contributed by atoms with E-state index in [1.807, 2.05) is 0 Å². The number of fused-ring (bicyclic) bond motifs is 1. The Bertz CT molecular complexity index is 970. The molecule has 2 aliphatic rings. The molecule has 0 bridgehead atoms. The average Bonchev–Trinajstić information content (AvgIpc) is 3.12. The van der Waals surface area contributed by atoms with Gasteiger partial charge < -0.3 is 4.74 Å². The first-order valence-corrected chi connectivity index (χ1v) is 9.97. The van der Waals surface area contributed by atoms with Crippen LogP contribution in [-0.2, 0) is 14.3 Å². The van der Waals surface area contributed by atoms with Crippen molar-refractivity contribution in [2.24, 2.45) is 0 Å². The number of carbonyl (C=O) groups excluding carboxylic acids is 3. The number of thiazole rings is 1. The van der Waals surface area contributed by atoms with E-state index in [0.717, 1.165) is 34.2 Å². The quantitative estimate of drug-likeness (QED) is 0.412. The van der Waals surface area contributed by atoms with E-state index in [0.29, 0.717) is 44.6 Å². The van der Waals surface area contributed by atoms with E-state index in [1.165, 1.54) is 18.4 Å². The molecule has 0 N–H and O–H groups in total. The van der Waals surface area contributed by atoms with Gasteiger partial charge in [-0.1, -0.05) is 11.6 Å². The second-order valence-electron chi connectivity index (χ2n) is 5.92. The van der Waals surface area contributed by atoms with E-state index in [4.69, 9.17) is 11.6 Å². The molecule has 2 heterocycles. The third-order valence-corrected chi connectivity index (χ3v) is 6.62. The summed E-state index contributed by atoms with van der Waals surface area (Å²) in [6, 6.07) is 3.30. The van der Waals surface area contributed by atoms with Gasteiger partial charge in [0.2, 0.25) is 0 Å². The maximum Gasteiger partial charge on any atom is 0.374 e. The van der Waals surface area contributed by atoms with Gasteiger partial charge in [0, 0.05) is 22.9 Å². The van der Waals surface area contributed by atoms with Crippen molar-refractivity contribution in [1.29, 1.82) is 0 Å². The van der Waals surface area contributed by atoms with Crippen LogP contribution in [0.15, 0.2) is 27.6 Å². The summed E-state index contributed by atoms with van der Waals surface area (Å²) in [7, 11) is 1.30. The Morgan fingerprint density at radius 1 is 1.23 bits per heavy atom. The van der Waals surface area contributed by atoms with Crippen LogP contribution in [0.2, 0.25) is 5.02 Å². The Hall–Kier alpha value is -1.90. The lowest BCUT2D eigenvalue weighted by Gasteiger charge is -2.16. The third-order valence-electron chi connectivity index (χ3n) is 4.41. The lowest BCUT2D eigenvalue weighted by molar-refractivity contribution is -0.120. The zero-order valence-corrected chi connectivity index (χ0v) is 16.1. The van der Waals surface area contributed by atoms with Crippen molar-refractivity contribution in [1.82, 2.24) is 4.98 Å². The van der Waals surface area contributed by atoms with Crippen LogP contribution < -0.4 is 4.90 Å². The van der Waals surface area contributed by atoms with Crippen LogP contribution in [0.25, 0.3) is 10.2 Å². The first-order chi connectivity index (χ1) is 12.5. The van der Waals surface area contributed by atoms with E-state index in [1.54, 1.807) is 12.1 Å². The SMILES string of the molecule is COC(=O)Sc1nc2cc(N3C(=O)C4=C(CCCC4)C3=O)c(Cl)cc2s1. The molecule has 0 atom stereocenters. The number of carbonyl (C=O) groups is 3. The summed E-state index contributed by atoms with van der Waals surface area (Å²) < 4.78 is 5.90. The first-order valence-electron chi connectivity index (χ1n) is 7.96. The van der Waals surface area contributed by atoms with Crippen LogP contribution in [0.5, 0.6) is 0 Å². The molecule has 2 amide bonds. The van der Waals surface area contributed by atoms with Crippen molar-refractivity contribution < 1.29 is 19.1 Å². The second-order valence-corrected chi connectivity index (χ2v) is 8.54. The molecule has 1 aromatic carbocycles. The van der Waals surface area contributed by atoms with Crippen molar-refractivity contribution >= 4 is 67.7 Å². The van der Waals surface area contributed by atoms with E-state index in [9.17, 15) is 14.4 Å². The molecule has 9 heteroatoms. The van der Waals surface area contributed by atoms with Crippen molar-refractivity contribution in [2.45, 2.75) is 30.0 Å². The zero-order chi connectivity index (χ0) is 18.4. The van der Waals surface area contributed by atoms with E-state index < -0.39 is 5.30 Å². The Morgan fingerprint density at radius 2 is 1.88 bits per heavy atom. The number of anilines is 1. The Kier molecular flexibility index (Phi) is 4.50. The second kappa shape index (κ2) is 6.68. The molecule has 1 aliphatic carbocycles. The highest BCUT2D eigenvalue weighted by Gasteiger charge is 2.40. The van der Waals surface area contributed by atoms with Gasteiger partial charge in [-0.3, -0.25) is 9.59 Å². The molecule has 2 aromatic rings. The molecule has 0 radical (unpaired) electrons. The van der Waals surface area contributed by atoms with Crippen molar-refractivity contribution in [3.8, 4) is 0 Å². The molecule has 0 fully saturated rings. The number of amides is 2. The van der Waals surface area contributed by atoms with E-state index >= 15 is 0 Å². The number of thioether (sulfide) groups is 1. The number of rotatable bonds is 2. The number of halogens is 1. The van der Waals surface area contributed by atoms with Crippen LogP contribution in [0.3, 0.4) is 0 Å². The number of ether oxygens (including phenoxy) is 1. The van der Waals surface area contributed by atoms with Gasteiger partial charge in [0.1, 0.15) is 0 Å². The number of hydrogen-bond acceptors (Lipinski definition) is 7. The number of benzene rings is 1. The van der Waals surface area contributed by atoms with Crippen molar-refractivity contribution in [3.05, 3.63) is 28.3 Å². The van der Waals surface area contributed by atoms with Crippen LogP contribution in [-0.4, -0.2) is 29.2 Å². The topological polar surface area (TPSA) is 76.6 Å². The molecule has 6 nitrogen and oxygen atoms in total. The molecule has 1 aromatic heterocycles. The smallest absolute Gasteiger partial charge is 0.374 e. The summed E-state index contributed by atoms with van der Waals surface area (Å²) in [5.74, 6) is -0.573. The Balaban J connectivity index is 1.73. The minimum absolute atomic E-state index is 0.287. The van der Waals surface area contributed by atoms with Crippen molar-refractivity contribution in [3.63, 3.8) is 0 Å². The monoisotopic (exact) mass is 408 g/mol. The molecular formula is C17H13ClN2O4S2. The van der Waals surface area contributed by atoms with Gasteiger partial charge in [0.15, 0.2) is 4.34 Å². The standard InChI is InChI=1S/C17H13ClN2O4S2/c1-24-17(23)26-16-19-11-7-12(10(18)6-13(11)25-16)20-14(21)8-4-2-3-5-9(8)15(20)22/h6-7H,2-5H2,1H3. The molecule has 0 saturated carbocycles. The normalized spacial score (nSPS) is 17.2. The molecule has 26 heavy (non-hydrogen) atoms. The van der Waals surface area contributed by atoms with Crippen LogP contribution in [0.4, 0.5) is 10.5 Å². The lowest BCUT2D eigenvalue weighted by atomic mass is 9.93. The van der Waals surface area contributed by atoms with Gasteiger partial charge in [-0.25, -0.2) is 14.7 Å². The predicted octanol–water partition coefficient (Wildman–Crippen LogP) is 4.55. The fourth-order valence-electron chi connectivity index (χ4n) is 3.20. The van der Waals surface area contributed by atoms with Crippen LogP contribution in [0.1, 0.15) is 25.7 Å². The Morgan fingerprint density at radius 3 is 2.50 bits per heavy atom. The van der Waals surface area contributed by atoms with Crippen molar-refractivity contribution in [2.75, 3.05) is 12.0 Å². The number of hydrogen-bond donors (Lipinski definition) is 0. The molecule has 134 valence electrons. The molecule has 4 rings (SSSR count). The highest BCUT2D eigenvalue weighted by Crippen LogP contribution is 2.41. The molecule has 0 spiro atoms. The zero-order valence-electron chi connectivity index (χ0n) is 13.7. The highest BCUT2D eigenvalue weighted by atomic mass is 35.5. The van der Waals surface area contributed by atoms with E-state index in [2.05, 4.69) is 9.72 Å². The lowest BCUT2D eigenvalue weighted by Crippen LogP contribution is -2.31. The summed E-state index contributed by atoms with van der Waals surface area (Å²) >= 11 is 8.54. The summed E-state index contributed by atoms with van der Waals surface area (Å²) in [6.45, 7) is 0. The summed E-state index contributed by atoms with van der Waals surface area (Å²) in [5.41, 5.74) is 2.13. The maximum atomic E-state index is 12.7. The van der Waals surface area contributed by atoms with Gasteiger partial charge in [0.25, 0.3) is 11.8 Å². The molecule has 0 saturated heterocycles. The molecule has 1 aliphatic heterocycles. The fraction of sp³-hybridized carbons (Fsp3) is 0.294. The van der Waals surface area contributed by atoms with Gasteiger partial charge in [0.05, 0.1) is 28.0 Å². The van der Waals surface area contributed by atoms with Gasteiger partial charge in [-0.05, 0) is 37.8 Å². The number of aromatic nitrogens is 1. The predicted molar refractivity (Wildman–Crippen MR) is 101 cm³/mol. The summed E-state index contributed by atoms with van der Waals surface area (Å²) in [6.07, 6.45) is 3.09. The van der Waals surface area contributed by atoms with Gasteiger partial charge in [-0.2, -0.15) is 0 Å². The molecule has 0 unspecified atom stereocenters. The number of imide groups is 1. The van der Waals surface area contributed by atoms with Crippen LogP contribution >= 0.6 is 34.7 Å². The van der Waals surface area contributed by atoms with Gasteiger partial charge in [-0.15, -0.1) is 11.3 Å². The van der Waals surface area contributed by atoms with Gasteiger partial charge >= 0.3 is 5.30 Å². The maximum absolute atomic E-state index is 12.7. The van der Waals surface area contributed by atoms with E-state index in [-0.39, 0.29) is 11.8 Å². The average molecular weight is 409 g/mol. The minimum atomic E-state index is -0.461. The van der Waals surface area contributed by atoms with Crippen LogP contribution in [0, 0.1) is 0 Å². The first kappa shape index (κ1) is 17.5. The Labute approximate surface area is 162 Å². The summed E-state index contributed by atoms with van der Waals surface area (Å²) in [4.78, 5) is 42.4. The number of nitrogens with zero attached hydrogens (tertiary/aromatic N) is 2. The third kappa shape index (κ3) is 2.82.